The van der Waals surface area contributed by atoms with E-state index in [1.54, 1.807) is 39.0 Å². The maximum absolute atomic E-state index is 12.7. The van der Waals surface area contributed by atoms with Gasteiger partial charge in [-0.25, -0.2) is 9.78 Å². The minimum Gasteiger partial charge on any atom is -0.459 e. The molecule has 0 atom stereocenters. The van der Waals surface area contributed by atoms with Crippen LogP contribution < -0.4 is 10.3 Å². The van der Waals surface area contributed by atoms with E-state index in [1.165, 1.54) is 7.11 Å². The van der Waals surface area contributed by atoms with Gasteiger partial charge < -0.3 is 19.2 Å². The fourth-order valence-electron chi connectivity index (χ4n) is 3.29. The Morgan fingerprint density at radius 2 is 1.91 bits per heavy atom. The van der Waals surface area contributed by atoms with Crippen LogP contribution in [-0.2, 0) is 9.47 Å². The predicted molar refractivity (Wildman–Crippen MR) is 123 cm³/mol. The number of hydrogen-bond donors (Lipinski definition) is 1. The van der Waals surface area contributed by atoms with Crippen LogP contribution in [-0.4, -0.2) is 42.9 Å². The molecule has 33 heavy (non-hydrogen) atoms. The van der Waals surface area contributed by atoms with Crippen LogP contribution in [0, 0.1) is 20.8 Å². The molecule has 3 aromatic rings. The van der Waals surface area contributed by atoms with Gasteiger partial charge in [0.05, 0.1) is 17.0 Å². The van der Waals surface area contributed by atoms with Gasteiger partial charge >= 0.3 is 12.6 Å². The zero-order chi connectivity index (χ0) is 24.3. The summed E-state index contributed by atoms with van der Waals surface area (Å²) in [4.78, 5) is 32.7. The second-order valence-electron chi connectivity index (χ2n) is 7.13. The van der Waals surface area contributed by atoms with E-state index >= 15 is 0 Å². The van der Waals surface area contributed by atoms with Crippen LogP contribution in [0.4, 0.5) is 8.78 Å². The summed E-state index contributed by atoms with van der Waals surface area (Å²) in [5.74, 6) is -0.352. The van der Waals surface area contributed by atoms with Crippen molar-refractivity contribution >= 4 is 50.2 Å². The Morgan fingerprint density at radius 3 is 2.52 bits per heavy atom. The molecule has 2 heterocycles. The Bertz CT molecular complexity index is 1260. The van der Waals surface area contributed by atoms with E-state index in [4.69, 9.17) is 21.1 Å². The highest BCUT2D eigenvalue weighted by atomic mass is 35.5. The van der Waals surface area contributed by atoms with E-state index in [0.29, 0.717) is 27.1 Å². The lowest BCUT2D eigenvalue weighted by Gasteiger charge is -2.12. The van der Waals surface area contributed by atoms with Gasteiger partial charge in [-0.3, -0.25) is 4.79 Å². The number of ether oxygens (including phenoxy) is 3. The summed E-state index contributed by atoms with van der Waals surface area (Å²) in [6, 6.07) is 3.26. The highest BCUT2D eigenvalue weighted by molar-refractivity contribution is 7.20. The number of hydrogen-bond acceptors (Lipinski definition) is 7. The van der Waals surface area contributed by atoms with Gasteiger partial charge in [0.25, 0.3) is 5.56 Å². The third kappa shape index (κ3) is 5.58. The maximum atomic E-state index is 12.7. The topological polar surface area (TPSA) is 90.5 Å². The number of esters is 1. The standard InChI is InChI=1S/C22H21ClF2N2O5S/c1-10-7-13(8-11(2)16(10)32-22(24)25)9-14(23)18-26-19(28)15-12(3)17(33-20(15)27-18)21(29)31-6-5-30-4/h7-9,22H,5-6H2,1-4H3,(H,26,27,28)/b14-9-. The van der Waals surface area contributed by atoms with E-state index in [1.807, 2.05) is 0 Å². The zero-order valence-electron chi connectivity index (χ0n) is 18.3. The number of aryl methyl sites for hydroxylation is 3. The summed E-state index contributed by atoms with van der Waals surface area (Å²) < 4.78 is 39.8. The van der Waals surface area contributed by atoms with Crippen molar-refractivity contribution in [3.05, 3.63) is 55.4 Å². The molecule has 1 N–H and O–H groups in total. The van der Waals surface area contributed by atoms with Crippen molar-refractivity contribution in [2.24, 2.45) is 0 Å². The molecule has 1 aromatic carbocycles. The Balaban J connectivity index is 1.96. The molecule has 0 unspecified atom stereocenters. The molecular formula is C22H21ClF2N2O5S. The van der Waals surface area contributed by atoms with Crippen LogP contribution in [0.5, 0.6) is 5.75 Å². The number of benzene rings is 1. The highest BCUT2D eigenvalue weighted by Gasteiger charge is 2.21. The first-order valence-corrected chi connectivity index (χ1v) is 10.9. The molecule has 11 heteroatoms. The Hall–Kier alpha value is -2.82. The van der Waals surface area contributed by atoms with Gasteiger partial charge in [0.1, 0.15) is 22.1 Å². The second-order valence-corrected chi connectivity index (χ2v) is 8.54. The maximum Gasteiger partial charge on any atom is 0.387 e. The molecule has 0 aliphatic rings. The highest BCUT2D eigenvalue weighted by Crippen LogP contribution is 2.31. The minimum atomic E-state index is -2.93. The fourth-order valence-corrected chi connectivity index (χ4v) is 4.58. The summed E-state index contributed by atoms with van der Waals surface area (Å²) in [6.45, 7) is 2.35. The number of carbonyl (C=O) groups is 1. The molecule has 3 rings (SSSR count). The van der Waals surface area contributed by atoms with Crippen molar-refractivity contribution in [1.29, 1.82) is 0 Å². The molecular weight excluding hydrogens is 478 g/mol. The number of thiophene rings is 1. The van der Waals surface area contributed by atoms with Crippen molar-refractivity contribution in [1.82, 2.24) is 9.97 Å². The molecule has 7 nitrogen and oxygen atoms in total. The van der Waals surface area contributed by atoms with Gasteiger partial charge in [0.2, 0.25) is 0 Å². The normalized spacial score (nSPS) is 11.9. The Labute approximate surface area is 197 Å². The largest absolute Gasteiger partial charge is 0.459 e. The van der Waals surface area contributed by atoms with Crippen molar-refractivity contribution in [3.63, 3.8) is 0 Å². The summed E-state index contributed by atoms with van der Waals surface area (Å²) in [7, 11) is 1.50. The van der Waals surface area contributed by atoms with Crippen LogP contribution in [0.2, 0.25) is 0 Å². The lowest BCUT2D eigenvalue weighted by atomic mass is 10.1. The molecule has 2 aromatic heterocycles. The molecule has 0 amide bonds. The average Bonchev–Trinajstić information content (AvgIpc) is 3.07. The molecule has 0 radical (unpaired) electrons. The van der Waals surface area contributed by atoms with Gasteiger partial charge in [-0.15, -0.1) is 11.3 Å². The lowest BCUT2D eigenvalue weighted by Crippen LogP contribution is -2.11. The SMILES string of the molecule is COCCOC(=O)c1sc2nc(/C(Cl)=C/c3cc(C)c(OC(F)F)c(C)c3)[nH]c(=O)c2c1C. The summed E-state index contributed by atoms with van der Waals surface area (Å²) in [5, 5.41) is 0.415. The number of alkyl halides is 2. The first-order valence-electron chi connectivity index (χ1n) is 9.75. The van der Waals surface area contributed by atoms with Gasteiger partial charge in [0.15, 0.2) is 5.82 Å². The summed E-state index contributed by atoms with van der Waals surface area (Å²) in [6.07, 6.45) is 1.55. The van der Waals surface area contributed by atoms with Gasteiger partial charge in [-0.1, -0.05) is 11.6 Å². The van der Waals surface area contributed by atoms with E-state index < -0.39 is 18.1 Å². The van der Waals surface area contributed by atoms with Crippen molar-refractivity contribution < 1.29 is 27.8 Å². The molecule has 0 aliphatic carbocycles. The lowest BCUT2D eigenvalue weighted by molar-refractivity contribution is -0.0507. The number of aromatic amines is 1. The first kappa shape index (κ1) is 24.8. The number of fused-ring (bicyclic) bond motifs is 1. The van der Waals surface area contributed by atoms with Gasteiger partial charge in [-0.05, 0) is 61.2 Å². The Kier molecular flexibility index (Phi) is 7.83. The van der Waals surface area contributed by atoms with E-state index in [9.17, 15) is 18.4 Å². The molecule has 0 saturated heterocycles. The number of halogens is 3. The first-order chi connectivity index (χ1) is 15.6. The van der Waals surface area contributed by atoms with E-state index in [0.717, 1.165) is 11.3 Å². The van der Waals surface area contributed by atoms with Crippen molar-refractivity contribution in [3.8, 4) is 5.75 Å². The monoisotopic (exact) mass is 498 g/mol. The molecule has 0 spiro atoms. The summed E-state index contributed by atoms with van der Waals surface area (Å²) >= 11 is 7.45. The number of methoxy groups -OCH3 is 1. The summed E-state index contributed by atoms with van der Waals surface area (Å²) in [5.41, 5.74) is 1.66. The smallest absolute Gasteiger partial charge is 0.387 e. The number of H-pyrrole nitrogens is 1. The molecule has 0 saturated carbocycles. The quantitative estimate of drug-likeness (QED) is 0.345. The number of rotatable bonds is 8. The average molecular weight is 499 g/mol. The van der Waals surface area contributed by atoms with Crippen LogP contribution in [0.1, 0.15) is 37.7 Å². The second kappa shape index (κ2) is 10.4. The molecule has 0 bridgehead atoms. The number of carbonyl (C=O) groups excluding carboxylic acids is 1. The van der Waals surface area contributed by atoms with Crippen molar-refractivity contribution in [2.75, 3.05) is 20.3 Å². The number of nitrogens with zero attached hydrogens (tertiary/aromatic N) is 1. The van der Waals surface area contributed by atoms with Crippen LogP contribution in [0.15, 0.2) is 16.9 Å². The molecule has 176 valence electrons. The van der Waals surface area contributed by atoms with E-state index in [2.05, 4.69) is 14.7 Å². The third-order valence-corrected chi connectivity index (χ3v) is 6.17. The fraction of sp³-hybridized carbons (Fsp3) is 0.318. The molecule has 0 aliphatic heterocycles. The van der Waals surface area contributed by atoms with Gasteiger partial charge in [-0.2, -0.15) is 8.78 Å². The number of nitrogens with one attached hydrogen (secondary N) is 1. The minimum absolute atomic E-state index is 0.0899. The third-order valence-electron chi connectivity index (χ3n) is 4.72. The Morgan fingerprint density at radius 1 is 1.24 bits per heavy atom. The van der Waals surface area contributed by atoms with Crippen LogP contribution in [0.3, 0.4) is 0 Å². The van der Waals surface area contributed by atoms with Crippen molar-refractivity contribution in [2.45, 2.75) is 27.4 Å². The number of aromatic nitrogens is 2. The van der Waals surface area contributed by atoms with Crippen LogP contribution in [0.25, 0.3) is 21.3 Å². The van der Waals surface area contributed by atoms with E-state index in [-0.39, 0.29) is 40.1 Å². The predicted octanol–water partition coefficient (Wildman–Crippen LogP) is 5.05. The zero-order valence-corrected chi connectivity index (χ0v) is 19.8. The molecule has 0 fully saturated rings. The van der Waals surface area contributed by atoms with Crippen LogP contribution >= 0.6 is 22.9 Å². The van der Waals surface area contributed by atoms with Gasteiger partial charge in [0, 0.05) is 7.11 Å².